The van der Waals surface area contributed by atoms with Gasteiger partial charge in [-0.3, -0.25) is 0 Å². The lowest BCUT2D eigenvalue weighted by Gasteiger charge is -2.40. The molecule has 1 saturated carbocycles. The average Bonchev–Trinajstić information content (AvgIpc) is 2.38. The first-order chi connectivity index (χ1) is 9.32. The van der Waals surface area contributed by atoms with Gasteiger partial charge in [0, 0.05) is 20.2 Å². The van der Waals surface area contributed by atoms with Crippen molar-refractivity contribution in [2.45, 2.75) is 56.7 Å². The largest absolute Gasteiger partial charge is 0.390 e. The van der Waals surface area contributed by atoms with E-state index in [1.165, 1.54) is 6.26 Å². The van der Waals surface area contributed by atoms with Gasteiger partial charge in [-0.1, -0.05) is 0 Å². The molecule has 0 spiro atoms. The molecular weight excluding hydrogens is 278 g/mol. The summed E-state index contributed by atoms with van der Waals surface area (Å²) in [7, 11) is -1.38. The number of piperidine rings is 1. The molecule has 1 aliphatic carbocycles. The van der Waals surface area contributed by atoms with Crippen LogP contribution in [0.15, 0.2) is 0 Å². The summed E-state index contributed by atoms with van der Waals surface area (Å²) in [6.07, 6.45) is 7.50. The fourth-order valence-corrected chi connectivity index (χ4v) is 4.54. The summed E-state index contributed by atoms with van der Waals surface area (Å²) in [5.74, 6) is 0.280. The van der Waals surface area contributed by atoms with E-state index < -0.39 is 15.6 Å². The predicted octanol–water partition coefficient (Wildman–Crippen LogP) is 1.37. The average molecular weight is 305 g/mol. The van der Waals surface area contributed by atoms with Crippen molar-refractivity contribution >= 4 is 10.0 Å². The molecular formula is C14H27NO4S. The number of nitrogens with zero attached hydrogens (tertiary/aromatic N) is 1. The van der Waals surface area contributed by atoms with Crippen LogP contribution in [-0.2, 0) is 14.8 Å². The van der Waals surface area contributed by atoms with Crippen LogP contribution in [0.4, 0.5) is 0 Å². The fourth-order valence-electron chi connectivity index (χ4n) is 3.60. The number of methoxy groups -OCH3 is 1. The minimum absolute atomic E-state index is 0.272. The Labute approximate surface area is 122 Å². The van der Waals surface area contributed by atoms with E-state index >= 15 is 0 Å². The maximum absolute atomic E-state index is 11.6. The first kappa shape index (κ1) is 16.2. The highest BCUT2D eigenvalue weighted by Gasteiger charge is 2.37. The lowest BCUT2D eigenvalue weighted by atomic mass is 9.76. The van der Waals surface area contributed by atoms with Gasteiger partial charge in [-0.2, -0.15) is 0 Å². The van der Waals surface area contributed by atoms with Crippen LogP contribution in [-0.4, -0.2) is 56.0 Å². The molecule has 1 heterocycles. The zero-order valence-corrected chi connectivity index (χ0v) is 13.4. The lowest BCUT2D eigenvalue weighted by Crippen LogP contribution is -2.44. The summed E-state index contributed by atoms with van der Waals surface area (Å²) in [4.78, 5) is 0. The van der Waals surface area contributed by atoms with Gasteiger partial charge in [0.2, 0.25) is 10.0 Å². The SMILES string of the molecule is COC1CCC(O)(CC2CCCN(S(C)(=O)=O)C2)CC1. The van der Waals surface area contributed by atoms with E-state index in [0.29, 0.717) is 13.1 Å². The maximum atomic E-state index is 11.6. The molecule has 5 nitrogen and oxygen atoms in total. The van der Waals surface area contributed by atoms with Gasteiger partial charge in [-0.05, 0) is 50.9 Å². The van der Waals surface area contributed by atoms with Gasteiger partial charge in [0.1, 0.15) is 0 Å². The molecule has 6 heteroatoms. The van der Waals surface area contributed by atoms with Gasteiger partial charge in [0.15, 0.2) is 0 Å². The van der Waals surface area contributed by atoms with Crippen LogP contribution >= 0.6 is 0 Å². The highest BCUT2D eigenvalue weighted by Crippen LogP contribution is 2.37. The second kappa shape index (κ2) is 6.30. The molecule has 20 heavy (non-hydrogen) atoms. The molecule has 0 amide bonds. The van der Waals surface area contributed by atoms with Crippen molar-refractivity contribution < 1.29 is 18.3 Å². The highest BCUT2D eigenvalue weighted by molar-refractivity contribution is 7.88. The Kier molecular flexibility index (Phi) is 5.10. The summed E-state index contributed by atoms with van der Waals surface area (Å²) in [5, 5.41) is 10.7. The first-order valence-corrected chi connectivity index (χ1v) is 9.37. The topological polar surface area (TPSA) is 66.8 Å². The number of sulfonamides is 1. The number of aliphatic hydroxyl groups is 1. The smallest absolute Gasteiger partial charge is 0.211 e. The molecule has 2 rings (SSSR count). The van der Waals surface area contributed by atoms with Crippen molar-refractivity contribution in [2.24, 2.45) is 5.92 Å². The van der Waals surface area contributed by atoms with Crippen LogP contribution in [0, 0.1) is 5.92 Å². The molecule has 1 atom stereocenters. The molecule has 1 aliphatic heterocycles. The van der Waals surface area contributed by atoms with E-state index in [2.05, 4.69) is 0 Å². The standard InChI is InChI=1S/C14H27NO4S/c1-19-13-5-7-14(16,8-6-13)10-12-4-3-9-15(11-12)20(2,17)18/h12-13,16H,3-11H2,1-2H3. The third-order valence-corrected chi connectivity index (χ3v) is 6.09. The predicted molar refractivity (Wildman–Crippen MR) is 78.0 cm³/mol. The number of ether oxygens (including phenoxy) is 1. The summed E-state index contributed by atoms with van der Waals surface area (Å²) < 4.78 is 30.2. The van der Waals surface area contributed by atoms with Crippen LogP contribution in [0.5, 0.6) is 0 Å². The molecule has 2 aliphatic rings. The van der Waals surface area contributed by atoms with E-state index in [-0.39, 0.29) is 12.0 Å². The Morgan fingerprint density at radius 3 is 2.50 bits per heavy atom. The van der Waals surface area contributed by atoms with Crippen LogP contribution in [0.25, 0.3) is 0 Å². The number of rotatable bonds is 4. The summed E-state index contributed by atoms with van der Waals surface area (Å²) >= 11 is 0. The highest BCUT2D eigenvalue weighted by atomic mass is 32.2. The van der Waals surface area contributed by atoms with E-state index in [9.17, 15) is 13.5 Å². The van der Waals surface area contributed by atoms with E-state index in [1.807, 2.05) is 0 Å². The minimum Gasteiger partial charge on any atom is -0.390 e. The second-order valence-corrected chi connectivity index (χ2v) is 8.48. The normalized spacial score (nSPS) is 37.0. The molecule has 1 saturated heterocycles. The van der Waals surface area contributed by atoms with Crippen molar-refractivity contribution in [2.75, 3.05) is 26.5 Å². The van der Waals surface area contributed by atoms with Crippen molar-refractivity contribution in [1.29, 1.82) is 0 Å². The van der Waals surface area contributed by atoms with Crippen molar-refractivity contribution in [3.05, 3.63) is 0 Å². The Bertz CT molecular complexity index is 415. The van der Waals surface area contributed by atoms with Gasteiger partial charge >= 0.3 is 0 Å². The monoisotopic (exact) mass is 305 g/mol. The molecule has 0 bridgehead atoms. The van der Waals surface area contributed by atoms with Crippen molar-refractivity contribution in [1.82, 2.24) is 4.31 Å². The number of hydrogen-bond donors (Lipinski definition) is 1. The fraction of sp³-hybridized carbons (Fsp3) is 1.00. The molecule has 1 N–H and O–H groups in total. The van der Waals surface area contributed by atoms with E-state index in [1.54, 1.807) is 11.4 Å². The first-order valence-electron chi connectivity index (χ1n) is 7.53. The Morgan fingerprint density at radius 1 is 1.30 bits per heavy atom. The van der Waals surface area contributed by atoms with Crippen LogP contribution in [0.2, 0.25) is 0 Å². The summed E-state index contributed by atoms with van der Waals surface area (Å²) in [6.45, 7) is 1.19. The van der Waals surface area contributed by atoms with Gasteiger partial charge in [0.05, 0.1) is 18.0 Å². The number of hydrogen-bond acceptors (Lipinski definition) is 4. The zero-order chi connectivity index (χ0) is 14.8. The van der Waals surface area contributed by atoms with Crippen molar-refractivity contribution in [3.8, 4) is 0 Å². The van der Waals surface area contributed by atoms with E-state index in [4.69, 9.17) is 4.74 Å². The molecule has 0 aromatic rings. The van der Waals surface area contributed by atoms with Gasteiger partial charge in [0.25, 0.3) is 0 Å². The molecule has 0 aromatic carbocycles. The van der Waals surface area contributed by atoms with Crippen molar-refractivity contribution in [3.63, 3.8) is 0 Å². The van der Waals surface area contributed by atoms with Gasteiger partial charge in [-0.15, -0.1) is 0 Å². The third-order valence-electron chi connectivity index (χ3n) is 4.82. The molecule has 0 aromatic heterocycles. The molecule has 1 unspecified atom stereocenters. The van der Waals surface area contributed by atoms with E-state index in [0.717, 1.165) is 44.9 Å². The second-order valence-electron chi connectivity index (χ2n) is 6.49. The summed E-state index contributed by atoms with van der Waals surface area (Å²) in [5.41, 5.74) is -0.625. The quantitative estimate of drug-likeness (QED) is 0.852. The summed E-state index contributed by atoms with van der Waals surface area (Å²) in [6, 6.07) is 0. The third kappa shape index (κ3) is 4.16. The minimum atomic E-state index is -3.10. The zero-order valence-electron chi connectivity index (χ0n) is 12.5. The molecule has 118 valence electrons. The molecule has 2 fully saturated rings. The van der Waals surface area contributed by atoms with Crippen LogP contribution < -0.4 is 0 Å². The Morgan fingerprint density at radius 2 is 1.95 bits per heavy atom. The maximum Gasteiger partial charge on any atom is 0.211 e. The van der Waals surface area contributed by atoms with Crippen LogP contribution in [0.1, 0.15) is 44.9 Å². The van der Waals surface area contributed by atoms with Gasteiger partial charge < -0.3 is 9.84 Å². The Balaban J connectivity index is 1.89. The van der Waals surface area contributed by atoms with Gasteiger partial charge in [-0.25, -0.2) is 12.7 Å². The Hall–Kier alpha value is -0.170. The molecule has 0 radical (unpaired) electrons. The lowest BCUT2D eigenvalue weighted by molar-refractivity contribution is -0.0601. The van der Waals surface area contributed by atoms with Crippen LogP contribution in [0.3, 0.4) is 0 Å².